The van der Waals surface area contributed by atoms with Crippen molar-refractivity contribution < 1.29 is 14.6 Å². The molecule has 3 aromatic rings. The SMILES string of the molecule is CCOc1ccc2c(c1)sc1c(C(=O)O)cnc(=O)n12. The second kappa shape index (κ2) is 4.61. The Morgan fingerprint density at radius 3 is 3.00 bits per heavy atom. The summed E-state index contributed by atoms with van der Waals surface area (Å²) in [4.78, 5) is 27.1. The summed E-state index contributed by atoms with van der Waals surface area (Å²) < 4.78 is 7.50. The zero-order valence-electron chi connectivity index (χ0n) is 10.5. The lowest BCUT2D eigenvalue weighted by Crippen LogP contribution is -2.17. The van der Waals surface area contributed by atoms with Gasteiger partial charge >= 0.3 is 11.7 Å². The van der Waals surface area contributed by atoms with Gasteiger partial charge in [-0.25, -0.2) is 19.0 Å². The van der Waals surface area contributed by atoms with Gasteiger partial charge in [-0.1, -0.05) is 0 Å². The number of hydrogen-bond acceptors (Lipinski definition) is 5. The summed E-state index contributed by atoms with van der Waals surface area (Å²) in [5, 5.41) is 9.16. The van der Waals surface area contributed by atoms with Gasteiger partial charge in [0.1, 0.15) is 16.1 Å². The Bertz CT molecular complexity index is 881. The van der Waals surface area contributed by atoms with E-state index < -0.39 is 11.7 Å². The summed E-state index contributed by atoms with van der Waals surface area (Å²) >= 11 is 1.23. The number of thiazole rings is 1. The zero-order valence-corrected chi connectivity index (χ0v) is 11.3. The van der Waals surface area contributed by atoms with Gasteiger partial charge in [-0.2, -0.15) is 0 Å². The van der Waals surface area contributed by atoms with Crippen molar-refractivity contribution in [3.63, 3.8) is 0 Å². The highest BCUT2D eigenvalue weighted by atomic mass is 32.1. The number of carboxylic acid groups (broad SMARTS) is 1. The first-order valence-corrected chi connectivity index (χ1v) is 6.74. The number of aromatic carboxylic acids is 1. The van der Waals surface area contributed by atoms with Crippen molar-refractivity contribution in [2.75, 3.05) is 6.61 Å². The number of nitrogens with zero attached hydrogens (tertiary/aromatic N) is 2. The third-order valence-electron chi connectivity index (χ3n) is 2.85. The van der Waals surface area contributed by atoms with Crippen LogP contribution in [0.4, 0.5) is 0 Å². The summed E-state index contributed by atoms with van der Waals surface area (Å²) in [5.41, 5.74) is 0.165. The molecule has 0 saturated carbocycles. The number of aromatic nitrogens is 2. The van der Waals surface area contributed by atoms with Crippen LogP contribution in [0.1, 0.15) is 17.3 Å². The first-order valence-electron chi connectivity index (χ1n) is 5.92. The first-order chi connectivity index (χ1) is 9.61. The molecule has 6 nitrogen and oxygen atoms in total. The predicted octanol–water partition coefficient (Wildman–Crippen LogP) is 2.01. The van der Waals surface area contributed by atoms with Crippen molar-refractivity contribution in [3.8, 4) is 5.75 Å². The number of carbonyl (C=O) groups is 1. The van der Waals surface area contributed by atoms with E-state index in [2.05, 4.69) is 4.98 Å². The average Bonchev–Trinajstić information content (AvgIpc) is 2.78. The Morgan fingerprint density at radius 1 is 1.50 bits per heavy atom. The molecule has 0 aliphatic heterocycles. The molecule has 0 bridgehead atoms. The molecule has 0 radical (unpaired) electrons. The van der Waals surface area contributed by atoms with Gasteiger partial charge in [-0.15, -0.1) is 11.3 Å². The Labute approximate surface area is 116 Å². The molecule has 3 rings (SSSR count). The van der Waals surface area contributed by atoms with E-state index in [1.165, 1.54) is 15.7 Å². The van der Waals surface area contributed by atoms with Gasteiger partial charge in [0.15, 0.2) is 0 Å². The van der Waals surface area contributed by atoms with Gasteiger partial charge in [-0.3, -0.25) is 0 Å². The standard InChI is InChI=1S/C13H10N2O4S/c1-2-19-7-3-4-9-10(5-7)20-11-8(12(16)17)6-14-13(18)15(9)11/h3-6H,2H2,1H3,(H,16,17). The smallest absolute Gasteiger partial charge is 0.353 e. The monoisotopic (exact) mass is 290 g/mol. The summed E-state index contributed by atoms with van der Waals surface area (Å²) in [5.74, 6) is -0.420. The van der Waals surface area contributed by atoms with E-state index in [-0.39, 0.29) is 5.56 Å². The third-order valence-corrected chi connectivity index (χ3v) is 3.99. The molecule has 0 fully saturated rings. The topological polar surface area (TPSA) is 80.9 Å². The number of ether oxygens (including phenoxy) is 1. The number of fused-ring (bicyclic) bond motifs is 3. The lowest BCUT2D eigenvalue weighted by molar-refractivity contribution is 0.0698. The highest BCUT2D eigenvalue weighted by Crippen LogP contribution is 2.30. The zero-order chi connectivity index (χ0) is 14.3. The Kier molecular flexibility index (Phi) is 2.90. The van der Waals surface area contributed by atoms with Crippen molar-refractivity contribution in [2.24, 2.45) is 0 Å². The number of carboxylic acids is 1. The number of hydrogen-bond donors (Lipinski definition) is 1. The van der Waals surface area contributed by atoms with Gasteiger partial charge in [0.25, 0.3) is 0 Å². The van der Waals surface area contributed by atoms with Crippen molar-refractivity contribution >= 4 is 32.4 Å². The lowest BCUT2D eigenvalue weighted by Gasteiger charge is -2.01. The molecule has 0 unspecified atom stereocenters. The molecule has 102 valence electrons. The minimum absolute atomic E-state index is 0.0174. The number of rotatable bonds is 3. The van der Waals surface area contributed by atoms with Crippen LogP contribution >= 0.6 is 11.3 Å². The maximum Gasteiger partial charge on any atom is 0.353 e. The molecule has 0 aliphatic rings. The van der Waals surface area contributed by atoms with E-state index in [1.807, 2.05) is 6.92 Å². The second-order valence-corrected chi connectivity index (χ2v) is 5.10. The van der Waals surface area contributed by atoms with Crippen LogP contribution in [0.25, 0.3) is 15.0 Å². The van der Waals surface area contributed by atoms with E-state index in [1.54, 1.807) is 18.2 Å². The van der Waals surface area contributed by atoms with Crippen LogP contribution < -0.4 is 10.4 Å². The Balaban J connectivity index is 2.40. The second-order valence-electron chi connectivity index (χ2n) is 4.06. The van der Waals surface area contributed by atoms with Crippen LogP contribution in [0.2, 0.25) is 0 Å². The van der Waals surface area contributed by atoms with Crippen LogP contribution in [0.3, 0.4) is 0 Å². The van der Waals surface area contributed by atoms with Crippen molar-refractivity contribution in [1.29, 1.82) is 0 Å². The van der Waals surface area contributed by atoms with Gasteiger partial charge in [0, 0.05) is 0 Å². The summed E-state index contributed by atoms with van der Waals surface area (Å²) in [6.45, 7) is 2.42. The highest BCUT2D eigenvalue weighted by molar-refractivity contribution is 7.24. The van der Waals surface area contributed by atoms with Crippen molar-refractivity contribution in [3.05, 3.63) is 40.4 Å². The lowest BCUT2D eigenvalue weighted by atomic mass is 10.3. The minimum atomic E-state index is -1.11. The molecule has 0 atom stereocenters. The summed E-state index contributed by atoms with van der Waals surface area (Å²) in [6.07, 6.45) is 1.10. The number of benzene rings is 1. The van der Waals surface area contributed by atoms with Gasteiger partial charge in [0.2, 0.25) is 0 Å². The summed E-state index contributed by atoms with van der Waals surface area (Å²) in [7, 11) is 0. The van der Waals surface area contributed by atoms with Gasteiger partial charge in [0.05, 0.1) is 23.0 Å². The fourth-order valence-electron chi connectivity index (χ4n) is 2.02. The minimum Gasteiger partial charge on any atom is -0.494 e. The molecule has 0 spiro atoms. The largest absolute Gasteiger partial charge is 0.494 e. The third kappa shape index (κ3) is 1.83. The molecular weight excluding hydrogens is 280 g/mol. The molecule has 2 heterocycles. The first kappa shape index (κ1) is 12.6. The van der Waals surface area contributed by atoms with Crippen LogP contribution in [0.15, 0.2) is 29.2 Å². The summed E-state index contributed by atoms with van der Waals surface area (Å²) in [6, 6.07) is 5.28. The van der Waals surface area contributed by atoms with Gasteiger partial charge in [-0.05, 0) is 25.1 Å². The molecule has 0 amide bonds. The van der Waals surface area contributed by atoms with Crippen LogP contribution in [0.5, 0.6) is 5.75 Å². The van der Waals surface area contributed by atoms with Crippen LogP contribution in [-0.2, 0) is 0 Å². The molecule has 1 aromatic carbocycles. The average molecular weight is 290 g/mol. The van der Waals surface area contributed by atoms with Crippen LogP contribution in [-0.4, -0.2) is 27.1 Å². The van der Waals surface area contributed by atoms with E-state index in [0.717, 1.165) is 10.9 Å². The van der Waals surface area contributed by atoms with E-state index in [9.17, 15) is 9.59 Å². The van der Waals surface area contributed by atoms with Crippen molar-refractivity contribution in [2.45, 2.75) is 6.92 Å². The Morgan fingerprint density at radius 2 is 2.30 bits per heavy atom. The maximum absolute atomic E-state index is 11.9. The molecule has 7 heteroatoms. The van der Waals surface area contributed by atoms with Crippen LogP contribution in [0, 0.1) is 0 Å². The predicted molar refractivity (Wildman–Crippen MR) is 75.0 cm³/mol. The molecule has 20 heavy (non-hydrogen) atoms. The molecule has 0 aliphatic carbocycles. The highest BCUT2D eigenvalue weighted by Gasteiger charge is 2.16. The van der Waals surface area contributed by atoms with Gasteiger partial charge < -0.3 is 9.84 Å². The molecule has 1 N–H and O–H groups in total. The normalized spacial score (nSPS) is 11.1. The van der Waals surface area contributed by atoms with Crippen molar-refractivity contribution in [1.82, 2.24) is 9.38 Å². The molecule has 0 saturated heterocycles. The molecule has 2 aromatic heterocycles. The van der Waals surface area contributed by atoms with E-state index in [0.29, 0.717) is 22.7 Å². The fourth-order valence-corrected chi connectivity index (χ4v) is 3.19. The molecular formula is C13H10N2O4S. The van der Waals surface area contributed by atoms with E-state index >= 15 is 0 Å². The quantitative estimate of drug-likeness (QED) is 0.798. The Hall–Kier alpha value is -2.41. The fraction of sp³-hybridized carbons (Fsp3) is 0.154. The maximum atomic E-state index is 11.9. The van der Waals surface area contributed by atoms with E-state index in [4.69, 9.17) is 9.84 Å².